The fourth-order valence-corrected chi connectivity index (χ4v) is 1.48. The van der Waals surface area contributed by atoms with Crippen molar-refractivity contribution < 1.29 is 19.8 Å². The summed E-state index contributed by atoms with van der Waals surface area (Å²) in [7, 11) is 1.60. The lowest BCUT2D eigenvalue weighted by Gasteiger charge is -2.03. The number of pyridine rings is 1. The standard InChI is InChI=1S/C13H11NO3.HNO2/c1-17-11-4-2-9(3-5-11)12-8-10(13(15)16)6-7-14-12;2-1-3/h2-8H,1H3,(H,15,16);(H,2,3). The quantitative estimate of drug-likeness (QED) is 0.658. The van der Waals surface area contributed by atoms with Gasteiger partial charge < -0.3 is 15.1 Å². The van der Waals surface area contributed by atoms with Gasteiger partial charge in [0, 0.05) is 11.8 Å². The lowest BCUT2D eigenvalue weighted by Crippen LogP contribution is -1.97. The summed E-state index contributed by atoms with van der Waals surface area (Å²) in [4.78, 5) is 23.1. The van der Waals surface area contributed by atoms with E-state index in [9.17, 15) is 4.79 Å². The van der Waals surface area contributed by atoms with Crippen molar-refractivity contribution in [2.24, 2.45) is 5.34 Å². The highest BCUT2D eigenvalue weighted by Crippen LogP contribution is 2.21. The van der Waals surface area contributed by atoms with Crippen molar-refractivity contribution in [3.8, 4) is 17.0 Å². The van der Waals surface area contributed by atoms with Gasteiger partial charge >= 0.3 is 5.97 Å². The first-order valence-electron chi connectivity index (χ1n) is 5.43. The molecule has 0 saturated carbocycles. The van der Waals surface area contributed by atoms with E-state index in [2.05, 4.69) is 4.98 Å². The number of benzene rings is 1. The summed E-state index contributed by atoms with van der Waals surface area (Å²) in [5.41, 5.74) is 1.72. The number of carbonyl (C=O) groups is 1. The highest BCUT2D eigenvalue weighted by Gasteiger charge is 2.05. The minimum atomic E-state index is -0.956. The van der Waals surface area contributed by atoms with Crippen molar-refractivity contribution in [2.45, 2.75) is 0 Å². The van der Waals surface area contributed by atoms with Crippen LogP contribution in [0.3, 0.4) is 0 Å². The zero-order chi connectivity index (χ0) is 15.0. The van der Waals surface area contributed by atoms with Crippen molar-refractivity contribution >= 4 is 5.97 Å². The van der Waals surface area contributed by atoms with Crippen LogP contribution in [-0.2, 0) is 0 Å². The molecule has 1 aromatic heterocycles. The number of aromatic carboxylic acids is 1. The van der Waals surface area contributed by atoms with Gasteiger partial charge in [-0.1, -0.05) is 0 Å². The smallest absolute Gasteiger partial charge is 0.335 e. The monoisotopic (exact) mass is 276 g/mol. The minimum absolute atomic E-state index is 0.228. The molecule has 0 spiro atoms. The normalized spacial score (nSPS) is 9.05. The molecule has 7 heteroatoms. The molecule has 0 radical (unpaired) electrons. The molecule has 0 amide bonds. The van der Waals surface area contributed by atoms with Crippen LogP contribution in [0.2, 0.25) is 0 Å². The van der Waals surface area contributed by atoms with Crippen LogP contribution in [0.15, 0.2) is 47.9 Å². The second kappa shape index (κ2) is 7.47. The third kappa shape index (κ3) is 4.05. The summed E-state index contributed by atoms with van der Waals surface area (Å²) in [6.45, 7) is 0. The van der Waals surface area contributed by atoms with E-state index in [4.69, 9.17) is 20.0 Å². The Bertz CT molecular complexity index is 584. The van der Waals surface area contributed by atoms with E-state index in [0.29, 0.717) is 5.69 Å². The van der Waals surface area contributed by atoms with Crippen LogP contribution in [0.4, 0.5) is 0 Å². The Morgan fingerprint density at radius 2 is 1.85 bits per heavy atom. The van der Waals surface area contributed by atoms with Gasteiger partial charge in [0.15, 0.2) is 5.34 Å². The molecule has 0 aliphatic rings. The molecule has 0 aliphatic carbocycles. The van der Waals surface area contributed by atoms with E-state index in [1.807, 2.05) is 24.3 Å². The van der Waals surface area contributed by atoms with Crippen LogP contribution in [0.25, 0.3) is 11.3 Å². The average molecular weight is 276 g/mol. The number of ether oxygens (including phenoxy) is 1. The zero-order valence-electron chi connectivity index (χ0n) is 10.6. The van der Waals surface area contributed by atoms with Gasteiger partial charge in [-0.05, 0) is 36.4 Å². The maximum Gasteiger partial charge on any atom is 0.335 e. The SMILES string of the molecule is COc1ccc(-c2cc(C(=O)O)ccn2)cc1.O=NO. The Kier molecular flexibility index (Phi) is 5.64. The van der Waals surface area contributed by atoms with Crippen LogP contribution in [0.1, 0.15) is 10.4 Å². The topological polar surface area (TPSA) is 109 Å². The summed E-state index contributed by atoms with van der Waals surface area (Å²) in [5.74, 6) is -0.203. The fourth-order valence-electron chi connectivity index (χ4n) is 1.48. The summed E-state index contributed by atoms with van der Waals surface area (Å²) in [6.07, 6.45) is 1.49. The van der Waals surface area contributed by atoms with Crippen molar-refractivity contribution in [2.75, 3.05) is 7.11 Å². The summed E-state index contributed by atoms with van der Waals surface area (Å²) < 4.78 is 5.05. The number of nitrogens with zero attached hydrogens (tertiary/aromatic N) is 2. The van der Waals surface area contributed by atoms with Crippen molar-refractivity contribution in [1.82, 2.24) is 4.98 Å². The molecule has 0 aliphatic heterocycles. The van der Waals surface area contributed by atoms with Gasteiger partial charge in [0.1, 0.15) is 5.75 Å². The van der Waals surface area contributed by atoms with E-state index >= 15 is 0 Å². The second-order valence-electron chi connectivity index (χ2n) is 3.55. The van der Waals surface area contributed by atoms with Gasteiger partial charge in [0.25, 0.3) is 0 Å². The lowest BCUT2D eigenvalue weighted by molar-refractivity contribution is 0.0697. The van der Waals surface area contributed by atoms with E-state index < -0.39 is 5.97 Å². The molecule has 0 unspecified atom stereocenters. The molecular weight excluding hydrogens is 264 g/mol. The summed E-state index contributed by atoms with van der Waals surface area (Å²) in [5, 5.41) is 16.8. The Balaban J connectivity index is 0.000000612. The largest absolute Gasteiger partial charge is 0.497 e. The molecule has 0 atom stereocenters. The highest BCUT2D eigenvalue weighted by molar-refractivity contribution is 5.88. The van der Waals surface area contributed by atoms with E-state index in [1.54, 1.807) is 13.2 Å². The first-order valence-corrected chi connectivity index (χ1v) is 5.43. The molecule has 0 saturated heterocycles. The van der Waals surface area contributed by atoms with Crippen molar-refractivity contribution in [3.05, 3.63) is 53.1 Å². The zero-order valence-corrected chi connectivity index (χ0v) is 10.6. The third-order valence-corrected chi connectivity index (χ3v) is 2.39. The lowest BCUT2D eigenvalue weighted by atomic mass is 10.1. The van der Waals surface area contributed by atoms with Gasteiger partial charge in [-0.3, -0.25) is 4.98 Å². The number of hydrogen-bond acceptors (Lipinski definition) is 5. The average Bonchev–Trinajstić information content (AvgIpc) is 2.48. The Hall–Kier alpha value is -2.96. The van der Waals surface area contributed by atoms with Gasteiger partial charge in [-0.15, -0.1) is 4.91 Å². The maximum absolute atomic E-state index is 10.8. The van der Waals surface area contributed by atoms with E-state index in [1.165, 1.54) is 17.6 Å². The number of aromatic nitrogens is 1. The van der Waals surface area contributed by atoms with Gasteiger partial charge in [-0.2, -0.15) is 0 Å². The van der Waals surface area contributed by atoms with Crippen LogP contribution < -0.4 is 4.74 Å². The molecule has 2 aromatic rings. The second-order valence-corrected chi connectivity index (χ2v) is 3.55. The van der Waals surface area contributed by atoms with Gasteiger partial charge in [0.2, 0.25) is 0 Å². The number of hydrogen-bond donors (Lipinski definition) is 2. The number of carboxylic acids is 1. The molecular formula is C13H12N2O5. The predicted octanol–water partition coefficient (Wildman–Crippen LogP) is 2.60. The molecule has 2 rings (SSSR count). The molecule has 0 fully saturated rings. The molecule has 1 aromatic carbocycles. The summed E-state index contributed by atoms with van der Waals surface area (Å²) in [6, 6.07) is 10.3. The van der Waals surface area contributed by atoms with E-state index in [0.717, 1.165) is 11.3 Å². The minimum Gasteiger partial charge on any atom is -0.497 e. The first kappa shape index (κ1) is 15.1. The van der Waals surface area contributed by atoms with Crippen LogP contribution >= 0.6 is 0 Å². The Morgan fingerprint density at radius 3 is 2.35 bits per heavy atom. The van der Waals surface area contributed by atoms with Crippen LogP contribution in [0, 0.1) is 4.91 Å². The number of rotatable bonds is 3. The highest BCUT2D eigenvalue weighted by atomic mass is 16.6. The fraction of sp³-hybridized carbons (Fsp3) is 0.0769. The molecule has 1 heterocycles. The number of carboxylic acid groups (broad SMARTS) is 1. The van der Waals surface area contributed by atoms with Gasteiger partial charge in [0.05, 0.1) is 18.4 Å². The molecule has 104 valence electrons. The number of methoxy groups -OCH3 is 1. The molecule has 7 nitrogen and oxygen atoms in total. The predicted molar refractivity (Wildman–Crippen MR) is 70.8 cm³/mol. The summed E-state index contributed by atoms with van der Waals surface area (Å²) >= 11 is 0. The van der Waals surface area contributed by atoms with E-state index in [-0.39, 0.29) is 5.56 Å². The van der Waals surface area contributed by atoms with Crippen LogP contribution in [0.5, 0.6) is 5.75 Å². The molecule has 20 heavy (non-hydrogen) atoms. The Labute approximate surface area is 114 Å². The van der Waals surface area contributed by atoms with Gasteiger partial charge in [-0.25, -0.2) is 4.79 Å². The molecule has 0 bridgehead atoms. The van der Waals surface area contributed by atoms with Crippen LogP contribution in [-0.4, -0.2) is 28.4 Å². The maximum atomic E-state index is 10.8. The first-order chi connectivity index (χ1) is 9.62. The third-order valence-electron chi connectivity index (χ3n) is 2.39. The van der Waals surface area contributed by atoms with Crippen molar-refractivity contribution in [1.29, 1.82) is 0 Å². The van der Waals surface area contributed by atoms with Crippen molar-refractivity contribution in [3.63, 3.8) is 0 Å². The molecule has 2 N–H and O–H groups in total. The Morgan fingerprint density at radius 1 is 1.25 bits per heavy atom.